The molecule has 18 heavy (non-hydrogen) atoms. The molecule has 0 unspecified atom stereocenters. The number of pyridine rings is 1. The number of thioether (sulfide) groups is 1. The molecule has 0 aromatic carbocycles. The lowest BCUT2D eigenvalue weighted by Gasteiger charge is -2.08. The molecule has 1 aliphatic carbocycles. The number of rotatable bonds is 5. The van der Waals surface area contributed by atoms with Crippen molar-refractivity contribution in [1.29, 1.82) is 0 Å². The van der Waals surface area contributed by atoms with E-state index in [1.807, 2.05) is 0 Å². The Balaban J connectivity index is 2.05. The van der Waals surface area contributed by atoms with Gasteiger partial charge in [0.15, 0.2) is 0 Å². The lowest BCUT2D eigenvalue weighted by Crippen LogP contribution is -2.00. The first-order chi connectivity index (χ1) is 8.69. The Kier molecular flexibility index (Phi) is 4.41. The van der Waals surface area contributed by atoms with Crippen LogP contribution in [0, 0.1) is 16.0 Å². The Labute approximate surface area is 111 Å². The summed E-state index contributed by atoms with van der Waals surface area (Å²) in [4.78, 5) is 14.8. The van der Waals surface area contributed by atoms with Gasteiger partial charge in [-0.2, -0.15) is 0 Å². The Morgan fingerprint density at radius 2 is 2.22 bits per heavy atom. The van der Waals surface area contributed by atoms with Crippen molar-refractivity contribution in [3.63, 3.8) is 0 Å². The summed E-state index contributed by atoms with van der Waals surface area (Å²) >= 11 is 1.62. The molecule has 1 aliphatic rings. The van der Waals surface area contributed by atoms with Gasteiger partial charge in [-0.15, -0.1) is 11.8 Å². The number of hydrogen-bond donors (Lipinski definition) is 1. The highest BCUT2D eigenvalue weighted by Gasteiger charge is 2.17. The van der Waals surface area contributed by atoms with Crippen molar-refractivity contribution in [2.45, 2.75) is 30.7 Å². The first-order valence-corrected chi connectivity index (χ1v) is 7.14. The van der Waals surface area contributed by atoms with Crippen molar-refractivity contribution in [3.8, 4) is 0 Å². The summed E-state index contributed by atoms with van der Waals surface area (Å²) < 4.78 is 0. The fourth-order valence-corrected chi connectivity index (χ4v) is 3.29. The topological polar surface area (TPSA) is 68.1 Å². The van der Waals surface area contributed by atoms with Crippen LogP contribution in [0.4, 0.5) is 11.5 Å². The molecule has 0 spiro atoms. The molecule has 1 saturated carbocycles. The van der Waals surface area contributed by atoms with Crippen LogP contribution in [0.5, 0.6) is 0 Å². The highest BCUT2D eigenvalue weighted by molar-refractivity contribution is 7.99. The van der Waals surface area contributed by atoms with Crippen LogP contribution in [0.3, 0.4) is 0 Å². The molecule has 6 heteroatoms. The van der Waals surface area contributed by atoms with Gasteiger partial charge in [0.25, 0.3) is 5.69 Å². The standard InChI is InChI=1S/C12H17N3O2S/c1-13-11-6-10(15(16)17)7-12(14-11)18-8-9-4-2-3-5-9/h6-7,9H,2-5,8H2,1H3,(H,13,14). The normalized spacial score (nSPS) is 15.8. The summed E-state index contributed by atoms with van der Waals surface area (Å²) in [7, 11) is 1.72. The van der Waals surface area contributed by atoms with Crippen LogP contribution in [-0.2, 0) is 0 Å². The summed E-state index contributed by atoms with van der Waals surface area (Å²) in [6, 6.07) is 3.01. The summed E-state index contributed by atoms with van der Waals surface area (Å²) in [6.45, 7) is 0. The van der Waals surface area contributed by atoms with Gasteiger partial charge < -0.3 is 5.32 Å². The fraction of sp³-hybridized carbons (Fsp3) is 0.583. The minimum Gasteiger partial charge on any atom is -0.373 e. The SMILES string of the molecule is CNc1cc([N+](=O)[O-])cc(SCC2CCCC2)n1. The Morgan fingerprint density at radius 1 is 1.50 bits per heavy atom. The van der Waals surface area contributed by atoms with Crippen LogP contribution < -0.4 is 5.32 Å². The number of anilines is 1. The largest absolute Gasteiger partial charge is 0.373 e. The summed E-state index contributed by atoms with van der Waals surface area (Å²) in [5.74, 6) is 2.31. The molecule has 1 heterocycles. The first kappa shape index (κ1) is 13.1. The van der Waals surface area contributed by atoms with Crippen LogP contribution in [0.1, 0.15) is 25.7 Å². The first-order valence-electron chi connectivity index (χ1n) is 6.16. The van der Waals surface area contributed by atoms with Gasteiger partial charge in [0.05, 0.1) is 11.0 Å². The molecule has 1 N–H and O–H groups in total. The molecule has 1 aromatic rings. The molecule has 0 bridgehead atoms. The molecule has 98 valence electrons. The van der Waals surface area contributed by atoms with E-state index in [-0.39, 0.29) is 10.6 Å². The van der Waals surface area contributed by atoms with Crippen molar-refractivity contribution < 1.29 is 4.92 Å². The maximum atomic E-state index is 10.8. The van der Waals surface area contributed by atoms with Crippen LogP contribution in [0.15, 0.2) is 17.2 Å². The minimum atomic E-state index is -0.373. The van der Waals surface area contributed by atoms with E-state index in [0.29, 0.717) is 5.82 Å². The Morgan fingerprint density at radius 3 is 2.83 bits per heavy atom. The third-order valence-corrected chi connectivity index (χ3v) is 4.34. The maximum Gasteiger partial charge on any atom is 0.275 e. The third-order valence-electron chi connectivity index (χ3n) is 3.20. The Hall–Kier alpha value is -1.30. The second-order valence-electron chi connectivity index (χ2n) is 4.52. The van der Waals surface area contributed by atoms with Crippen LogP contribution in [0.25, 0.3) is 0 Å². The van der Waals surface area contributed by atoms with E-state index in [4.69, 9.17) is 0 Å². The molecular formula is C12H17N3O2S. The second kappa shape index (κ2) is 6.04. The lowest BCUT2D eigenvalue weighted by atomic mass is 10.1. The molecule has 5 nitrogen and oxygen atoms in total. The molecule has 0 radical (unpaired) electrons. The van der Waals surface area contributed by atoms with Crippen molar-refractivity contribution >= 4 is 23.3 Å². The number of nitrogens with one attached hydrogen (secondary N) is 1. The molecule has 0 aliphatic heterocycles. The summed E-state index contributed by atoms with van der Waals surface area (Å²) in [6.07, 6.45) is 5.19. The zero-order chi connectivity index (χ0) is 13.0. The molecule has 2 rings (SSSR count). The maximum absolute atomic E-state index is 10.8. The highest BCUT2D eigenvalue weighted by atomic mass is 32.2. The van der Waals surface area contributed by atoms with E-state index >= 15 is 0 Å². The second-order valence-corrected chi connectivity index (χ2v) is 5.56. The van der Waals surface area contributed by atoms with E-state index in [1.54, 1.807) is 24.9 Å². The van der Waals surface area contributed by atoms with Gasteiger partial charge in [-0.25, -0.2) is 4.98 Å². The van der Waals surface area contributed by atoms with Gasteiger partial charge in [0.1, 0.15) is 10.8 Å². The van der Waals surface area contributed by atoms with Gasteiger partial charge in [-0.1, -0.05) is 12.8 Å². The third kappa shape index (κ3) is 3.35. The Bertz CT molecular complexity index is 433. The quantitative estimate of drug-likeness (QED) is 0.503. The molecule has 0 atom stereocenters. The minimum absolute atomic E-state index is 0.100. The van der Waals surface area contributed by atoms with Gasteiger partial charge >= 0.3 is 0 Å². The number of hydrogen-bond acceptors (Lipinski definition) is 5. The number of nitro groups is 1. The predicted octanol–water partition coefficient (Wildman–Crippen LogP) is 3.31. The average Bonchev–Trinajstić information content (AvgIpc) is 2.89. The van der Waals surface area contributed by atoms with Gasteiger partial charge in [-0.05, 0) is 18.8 Å². The average molecular weight is 267 g/mol. The van der Waals surface area contributed by atoms with Crippen molar-refractivity contribution in [3.05, 3.63) is 22.2 Å². The smallest absolute Gasteiger partial charge is 0.275 e. The van der Waals surface area contributed by atoms with E-state index in [2.05, 4.69) is 10.3 Å². The van der Waals surface area contributed by atoms with Crippen LogP contribution in [-0.4, -0.2) is 22.7 Å². The van der Waals surface area contributed by atoms with E-state index < -0.39 is 0 Å². The van der Waals surface area contributed by atoms with E-state index in [1.165, 1.54) is 31.7 Å². The van der Waals surface area contributed by atoms with Crippen molar-refractivity contribution in [2.75, 3.05) is 18.1 Å². The van der Waals surface area contributed by atoms with Gasteiger partial charge in [0, 0.05) is 18.9 Å². The van der Waals surface area contributed by atoms with Crippen LogP contribution >= 0.6 is 11.8 Å². The van der Waals surface area contributed by atoms with Crippen LogP contribution in [0.2, 0.25) is 0 Å². The number of aromatic nitrogens is 1. The van der Waals surface area contributed by atoms with Gasteiger partial charge in [-0.3, -0.25) is 10.1 Å². The molecule has 1 aromatic heterocycles. The summed E-state index contributed by atoms with van der Waals surface area (Å²) in [5.41, 5.74) is 0.100. The van der Waals surface area contributed by atoms with E-state index in [9.17, 15) is 10.1 Å². The molecule has 1 fully saturated rings. The molecule has 0 saturated heterocycles. The molecular weight excluding hydrogens is 250 g/mol. The zero-order valence-electron chi connectivity index (χ0n) is 10.4. The molecule has 0 amide bonds. The lowest BCUT2D eigenvalue weighted by molar-refractivity contribution is -0.385. The predicted molar refractivity (Wildman–Crippen MR) is 73.1 cm³/mol. The van der Waals surface area contributed by atoms with Gasteiger partial charge in [0.2, 0.25) is 0 Å². The highest BCUT2D eigenvalue weighted by Crippen LogP contribution is 2.32. The fourth-order valence-electron chi connectivity index (χ4n) is 2.18. The van der Waals surface area contributed by atoms with Crippen molar-refractivity contribution in [1.82, 2.24) is 4.98 Å². The number of nitrogens with zero attached hydrogens (tertiary/aromatic N) is 2. The van der Waals surface area contributed by atoms with E-state index in [0.717, 1.165) is 16.7 Å². The monoisotopic (exact) mass is 267 g/mol. The van der Waals surface area contributed by atoms with Crippen molar-refractivity contribution in [2.24, 2.45) is 5.92 Å². The summed E-state index contributed by atoms with van der Waals surface area (Å²) in [5, 5.41) is 14.4. The zero-order valence-corrected chi connectivity index (χ0v) is 11.2.